The number of thioether (sulfide) groups is 1. The first-order valence-corrected chi connectivity index (χ1v) is 9.60. The summed E-state index contributed by atoms with van der Waals surface area (Å²) in [6.45, 7) is 2.00. The number of fused-ring (bicyclic) bond motifs is 3. The summed E-state index contributed by atoms with van der Waals surface area (Å²) in [5.41, 5.74) is 3.69. The number of benzene rings is 1. The molecule has 1 aliphatic rings. The Labute approximate surface area is 146 Å². The lowest BCUT2D eigenvalue weighted by atomic mass is 9.95. The van der Waals surface area contributed by atoms with Crippen molar-refractivity contribution in [3.8, 4) is 0 Å². The monoisotopic (exact) mass is 339 g/mol. The van der Waals surface area contributed by atoms with Crippen molar-refractivity contribution in [1.82, 2.24) is 4.57 Å². The lowest BCUT2D eigenvalue weighted by Crippen LogP contribution is -2.24. The highest BCUT2D eigenvalue weighted by Crippen LogP contribution is 2.33. The molecule has 24 heavy (non-hydrogen) atoms. The molecule has 0 fully saturated rings. The molecule has 1 atom stereocenters. The first-order valence-electron chi connectivity index (χ1n) is 8.55. The molecule has 0 spiro atoms. The lowest BCUT2D eigenvalue weighted by molar-refractivity contribution is 0.0917. The van der Waals surface area contributed by atoms with Gasteiger partial charge in [0.15, 0.2) is 0 Å². The minimum absolute atomic E-state index is 0.100. The molecule has 3 aromatic rings. The van der Waals surface area contributed by atoms with Gasteiger partial charge in [-0.2, -0.15) is 0 Å². The Morgan fingerprint density at radius 3 is 2.88 bits per heavy atom. The number of aromatic nitrogens is 1. The maximum Gasteiger partial charge on any atom is 0.244 e. The minimum atomic E-state index is -0.100. The van der Waals surface area contributed by atoms with E-state index in [2.05, 4.69) is 18.2 Å². The van der Waals surface area contributed by atoms with E-state index in [0.29, 0.717) is 0 Å². The fraction of sp³-hybridized carbons (Fsp3) is 0.350. The van der Waals surface area contributed by atoms with E-state index in [1.54, 1.807) is 18.0 Å². The highest BCUT2D eigenvalue weighted by molar-refractivity contribution is 7.99. The van der Waals surface area contributed by atoms with Crippen LogP contribution in [0, 0.1) is 0 Å². The predicted octanol–water partition coefficient (Wildman–Crippen LogP) is 5.08. The normalized spacial score (nSPS) is 15.4. The van der Waals surface area contributed by atoms with Crippen LogP contribution in [0.25, 0.3) is 10.9 Å². The second-order valence-electron chi connectivity index (χ2n) is 6.36. The summed E-state index contributed by atoms with van der Waals surface area (Å²) in [5.74, 6) is 1.83. The summed E-state index contributed by atoms with van der Waals surface area (Å²) in [4.78, 5) is 13.2. The van der Waals surface area contributed by atoms with Crippen LogP contribution in [0.4, 0.5) is 0 Å². The zero-order valence-corrected chi connectivity index (χ0v) is 14.6. The fourth-order valence-electron chi connectivity index (χ4n) is 3.60. The Kier molecular flexibility index (Phi) is 4.23. The number of rotatable bonds is 4. The number of carbonyl (C=O) groups is 1. The van der Waals surface area contributed by atoms with Gasteiger partial charge in [0.25, 0.3) is 0 Å². The minimum Gasteiger partial charge on any atom is -0.468 e. The number of aryl methyl sites for hydroxylation is 1. The maximum absolute atomic E-state index is 13.2. The second-order valence-corrected chi connectivity index (χ2v) is 7.68. The fourth-order valence-corrected chi connectivity index (χ4v) is 4.43. The first-order chi connectivity index (χ1) is 11.8. The molecule has 1 aliphatic carbocycles. The Hall–Kier alpha value is -1.94. The molecule has 1 unspecified atom stereocenters. The van der Waals surface area contributed by atoms with Crippen LogP contribution in [0.2, 0.25) is 0 Å². The molecule has 0 saturated heterocycles. The van der Waals surface area contributed by atoms with E-state index in [1.165, 1.54) is 29.5 Å². The van der Waals surface area contributed by atoms with E-state index in [9.17, 15) is 4.79 Å². The Morgan fingerprint density at radius 1 is 1.21 bits per heavy atom. The van der Waals surface area contributed by atoms with Crippen LogP contribution in [0.1, 0.15) is 41.6 Å². The van der Waals surface area contributed by atoms with Gasteiger partial charge in [-0.05, 0) is 56.4 Å². The third-order valence-electron chi connectivity index (χ3n) is 4.80. The van der Waals surface area contributed by atoms with Gasteiger partial charge in [0.05, 0.1) is 22.8 Å². The molecule has 0 amide bonds. The Bertz CT molecular complexity index is 863. The second kappa shape index (κ2) is 6.52. The molecular weight excluding hydrogens is 318 g/mol. The summed E-state index contributed by atoms with van der Waals surface area (Å²) in [5, 5.41) is 1.15. The lowest BCUT2D eigenvalue weighted by Gasteiger charge is -2.17. The number of furan rings is 1. The number of hydrogen-bond donors (Lipinski definition) is 0. The van der Waals surface area contributed by atoms with Crippen LogP contribution in [-0.2, 0) is 18.6 Å². The van der Waals surface area contributed by atoms with E-state index in [4.69, 9.17) is 4.42 Å². The smallest absolute Gasteiger partial charge is 0.244 e. The third kappa shape index (κ3) is 2.69. The Morgan fingerprint density at radius 2 is 2.04 bits per heavy atom. The molecule has 0 radical (unpaired) electrons. The Balaban J connectivity index is 1.66. The van der Waals surface area contributed by atoms with E-state index in [-0.39, 0.29) is 11.2 Å². The van der Waals surface area contributed by atoms with Gasteiger partial charge in [-0.25, -0.2) is 0 Å². The maximum atomic E-state index is 13.2. The summed E-state index contributed by atoms with van der Waals surface area (Å²) in [6.07, 6.45) is 6.16. The van der Waals surface area contributed by atoms with Crippen LogP contribution >= 0.6 is 11.8 Å². The molecular formula is C20H21NO2S. The van der Waals surface area contributed by atoms with E-state index in [1.807, 2.05) is 29.7 Å². The van der Waals surface area contributed by atoms with Crippen molar-refractivity contribution in [1.29, 1.82) is 0 Å². The molecule has 3 nitrogen and oxygen atoms in total. The molecule has 4 heteroatoms. The van der Waals surface area contributed by atoms with Crippen molar-refractivity contribution in [2.45, 2.75) is 43.6 Å². The standard InChI is InChI=1S/C20H21NO2S/c1-14(24-13-15-7-6-12-23-15)20(22)21-18-10-4-2-8-16(18)17-9-3-5-11-19(17)21/h2,4,6-8,10,12,14H,3,5,9,11,13H2,1H3. The van der Waals surface area contributed by atoms with Crippen molar-refractivity contribution in [2.75, 3.05) is 0 Å². The average molecular weight is 339 g/mol. The zero-order valence-electron chi connectivity index (χ0n) is 13.8. The summed E-state index contributed by atoms with van der Waals surface area (Å²) < 4.78 is 7.37. The van der Waals surface area contributed by atoms with Crippen LogP contribution < -0.4 is 0 Å². The molecule has 1 aromatic carbocycles. The number of hydrogen-bond acceptors (Lipinski definition) is 3. The molecule has 0 N–H and O–H groups in total. The van der Waals surface area contributed by atoms with Crippen molar-refractivity contribution in [2.24, 2.45) is 0 Å². The zero-order chi connectivity index (χ0) is 16.5. The predicted molar refractivity (Wildman–Crippen MR) is 98.7 cm³/mol. The molecule has 0 bridgehead atoms. The largest absolute Gasteiger partial charge is 0.468 e. The summed E-state index contributed by atoms with van der Waals surface area (Å²) >= 11 is 1.64. The summed E-state index contributed by atoms with van der Waals surface area (Å²) in [6, 6.07) is 12.2. The van der Waals surface area contributed by atoms with E-state index < -0.39 is 0 Å². The van der Waals surface area contributed by atoms with Crippen LogP contribution in [0.5, 0.6) is 0 Å². The van der Waals surface area contributed by atoms with Crippen LogP contribution in [-0.4, -0.2) is 15.7 Å². The van der Waals surface area contributed by atoms with Gasteiger partial charge in [0, 0.05) is 11.1 Å². The topological polar surface area (TPSA) is 35.1 Å². The number of carbonyl (C=O) groups excluding carboxylic acids is 1. The number of para-hydroxylation sites is 1. The van der Waals surface area contributed by atoms with Crippen molar-refractivity contribution in [3.63, 3.8) is 0 Å². The van der Waals surface area contributed by atoms with E-state index >= 15 is 0 Å². The SMILES string of the molecule is CC(SCc1ccco1)C(=O)n1c2c(c3ccccc31)CCCC2. The van der Waals surface area contributed by atoms with E-state index in [0.717, 1.165) is 29.9 Å². The van der Waals surface area contributed by atoms with Gasteiger partial charge in [-0.1, -0.05) is 18.2 Å². The molecule has 0 aliphatic heterocycles. The highest BCUT2D eigenvalue weighted by atomic mass is 32.2. The number of nitrogens with zero attached hydrogens (tertiary/aromatic N) is 1. The molecule has 2 heterocycles. The van der Waals surface area contributed by atoms with Crippen LogP contribution in [0.15, 0.2) is 47.1 Å². The average Bonchev–Trinajstić information content (AvgIpc) is 3.25. The quantitative estimate of drug-likeness (QED) is 0.665. The van der Waals surface area contributed by atoms with Gasteiger partial charge in [-0.3, -0.25) is 9.36 Å². The van der Waals surface area contributed by atoms with Gasteiger partial charge in [0.1, 0.15) is 5.76 Å². The molecule has 4 rings (SSSR count). The van der Waals surface area contributed by atoms with Crippen molar-refractivity contribution in [3.05, 3.63) is 59.7 Å². The van der Waals surface area contributed by atoms with Gasteiger partial charge in [0.2, 0.25) is 5.91 Å². The molecule has 124 valence electrons. The molecule has 2 aromatic heterocycles. The van der Waals surface area contributed by atoms with Crippen molar-refractivity contribution < 1.29 is 9.21 Å². The molecule has 0 saturated carbocycles. The van der Waals surface area contributed by atoms with Crippen molar-refractivity contribution >= 4 is 28.6 Å². The van der Waals surface area contributed by atoms with Gasteiger partial charge < -0.3 is 4.42 Å². The summed E-state index contributed by atoms with van der Waals surface area (Å²) in [7, 11) is 0. The first kappa shape index (κ1) is 15.6. The van der Waals surface area contributed by atoms with Crippen LogP contribution in [0.3, 0.4) is 0 Å². The van der Waals surface area contributed by atoms with Gasteiger partial charge in [-0.15, -0.1) is 11.8 Å². The highest BCUT2D eigenvalue weighted by Gasteiger charge is 2.26. The third-order valence-corrected chi connectivity index (χ3v) is 5.96. The van der Waals surface area contributed by atoms with Gasteiger partial charge >= 0.3 is 0 Å².